The number of amides is 2. The first-order chi connectivity index (χ1) is 14.9. The summed E-state index contributed by atoms with van der Waals surface area (Å²) >= 11 is 0. The highest BCUT2D eigenvalue weighted by molar-refractivity contribution is 6.05. The molecule has 1 aromatic heterocycles. The van der Waals surface area contributed by atoms with Crippen LogP contribution >= 0.6 is 0 Å². The second-order valence-corrected chi connectivity index (χ2v) is 7.82. The molecule has 2 amide bonds. The van der Waals surface area contributed by atoms with E-state index >= 15 is 0 Å². The summed E-state index contributed by atoms with van der Waals surface area (Å²) in [4.78, 5) is 24.5. The number of benzene rings is 1. The van der Waals surface area contributed by atoms with Crippen molar-refractivity contribution in [1.82, 2.24) is 9.97 Å². The Morgan fingerprint density at radius 2 is 2.00 bits per heavy atom. The highest BCUT2D eigenvalue weighted by atomic mass is 19.1. The molecule has 1 aromatic carbocycles. The Morgan fingerprint density at radius 3 is 2.68 bits per heavy atom. The maximum atomic E-state index is 14.8. The highest BCUT2D eigenvalue weighted by Gasteiger charge is 2.36. The third-order valence-electron chi connectivity index (χ3n) is 5.83. The molecule has 0 atom stereocenters. The second-order valence-electron chi connectivity index (χ2n) is 7.82. The number of anilines is 3. The van der Waals surface area contributed by atoms with E-state index in [1.807, 2.05) is 0 Å². The van der Waals surface area contributed by atoms with E-state index < -0.39 is 23.4 Å². The molecule has 31 heavy (non-hydrogen) atoms. The first-order valence-corrected chi connectivity index (χ1v) is 10.4. The zero-order valence-corrected chi connectivity index (χ0v) is 17.6. The van der Waals surface area contributed by atoms with Crippen LogP contribution in [0.25, 0.3) is 0 Å². The van der Waals surface area contributed by atoms with Gasteiger partial charge in [0.05, 0.1) is 13.7 Å². The minimum atomic E-state index is -0.926. The van der Waals surface area contributed by atoms with E-state index in [0.717, 1.165) is 36.6 Å². The number of nitrogens with one attached hydrogen (secondary N) is 1. The monoisotopic (exact) mass is 432 g/mol. The lowest BCUT2D eigenvalue weighted by Gasteiger charge is -2.36. The molecule has 2 aromatic rings. The van der Waals surface area contributed by atoms with Crippen LogP contribution in [0.5, 0.6) is 5.75 Å². The van der Waals surface area contributed by atoms with Gasteiger partial charge in [-0.2, -0.15) is 4.98 Å². The van der Waals surface area contributed by atoms with Crippen LogP contribution in [-0.2, 0) is 6.54 Å². The third kappa shape index (κ3) is 3.99. The molecule has 8 nitrogen and oxygen atoms in total. The Labute approximate surface area is 179 Å². The van der Waals surface area contributed by atoms with Gasteiger partial charge in [-0.15, -0.1) is 0 Å². The third-order valence-corrected chi connectivity index (χ3v) is 5.83. The molecule has 1 aliphatic heterocycles. The van der Waals surface area contributed by atoms with Crippen LogP contribution in [0.1, 0.15) is 38.2 Å². The van der Waals surface area contributed by atoms with Crippen molar-refractivity contribution in [3.63, 3.8) is 0 Å². The molecule has 1 fully saturated rings. The van der Waals surface area contributed by atoms with E-state index in [2.05, 4.69) is 15.3 Å². The van der Waals surface area contributed by atoms with Gasteiger partial charge < -0.3 is 15.8 Å². The van der Waals surface area contributed by atoms with Gasteiger partial charge in [0.25, 0.3) is 0 Å². The molecule has 0 bridgehead atoms. The topological polar surface area (TPSA) is 96.6 Å². The Balaban J connectivity index is 1.64. The number of ether oxygens (including phenoxy) is 1. The molecule has 1 saturated carbocycles. The zero-order chi connectivity index (χ0) is 22.1. The van der Waals surface area contributed by atoms with Crippen LogP contribution in [0.3, 0.4) is 0 Å². The van der Waals surface area contributed by atoms with Gasteiger partial charge in [0.1, 0.15) is 17.3 Å². The van der Waals surface area contributed by atoms with Gasteiger partial charge in [0, 0.05) is 30.4 Å². The summed E-state index contributed by atoms with van der Waals surface area (Å²) in [6, 6.07) is 2.17. The summed E-state index contributed by atoms with van der Waals surface area (Å²) in [6.07, 6.45) is 5.33. The van der Waals surface area contributed by atoms with E-state index in [0.29, 0.717) is 17.3 Å². The van der Waals surface area contributed by atoms with Crippen LogP contribution < -0.4 is 25.6 Å². The quantitative estimate of drug-likeness (QED) is 0.752. The first-order valence-electron chi connectivity index (χ1n) is 10.4. The van der Waals surface area contributed by atoms with Gasteiger partial charge in [-0.3, -0.25) is 9.80 Å². The van der Waals surface area contributed by atoms with Crippen LogP contribution in [0, 0.1) is 11.6 Å². The largest absolute Gasteiger partial charge is 0.494 e. The fraction of sp³-hybridized carbons (Fsp3) is 0.476. The first kappa shape index (κ1) is 21.2. The molecular weight excluding hydrogens is 406 g/mol. The van der Waals surface area contributed by atoms with Crippen molar-refractivity contribution in [2.45, 2.75) is 51.2 Å². The Bertz CT molecular complexity index is 981. The average Bonchev–Trinajstić information content (AvgIpc) is 2.76. The highest BCUT2D eigenvalue weighted by Crippen LogP contribution is 2.36. The molecule has 0 spiro atoms. The van der Waals surface area contributed by atoms with Crippen molar-refractivity contribution in [3.8, 4) is 5.75 Å². The molecule has 1 aliphatic carbocycles. The molecule has 166 valence electrons. The normalized spacial score (nSPS) is 21.1. The molecule has 10 heteroatoms. The lowest BCUT2D eigenvalue weighted by atomic mass is 9.92. The molecule has 0 saturated heterocycles. The number of methoxy groups -OCH3 is 1. The van der Waals surface area contributed by atoms with Crippen LogP contribution in [-0.4, -0.2) is 41.7 Å². The molecule has 0 unspecified atom stereocenters. The Morgan fingerprint density at radius 1 is 1.26 bits per heavy atom. The summed E-state index contributed by atoms with van der Waals surface area (Å²) in [6.45, 7) is 2.01. The van der Waals surface area contributed by atoms with E-state index in [4.69, 9.17) is 10.5 Å². The number of hydrogen-bond acceptors (Lipinski definition) is 6. The van der Waals surface area contributed by atoms with Crippen molar-refractivity contribution < 1.29 is 18.3 Å². The summed E-state index contributed by atoms with van der Waals surface area (Å²) in [5.74, 6) is -1.04. The van der Waals surface area contributed by atoms with Gasteiger partial charge in [0.15, 0.2) is 11.6 Å². The average molecular weight is 432 g/mol. The molecule has 0 radical (unpaired) electrons. The minimum absolute atomic E-state index is 0.0514. The molecule has 2 aliphatic rings. The predicted octanol–water partition coefficient (Wildman–Crippen LogP) is 3.41. The Kier molecular flexibility index (Phi) is 5.90. The minimum Gasteiger partial charge on any atom is -0.494 e. The summed E-state index contributed by atoms with van der Waals surface area (Å²) in [5.41, 5.74) is 6.11. The zero-order valence-electron chi connectivity index (χ0n) is 17.6. The number of nitrogens with two attached hydrogens (primary N) is 1. The van der Waals surface area contributed by atoms with Gasteiger partial charge >= 0.3 is 6.03 Å². The summed E-state index contributed by atoms with van der Waals surface area (Å²) < 4.78 is 34.3. The number of rotatable bonds is 5. The lowest BCUT2D eigenvalue weighted by Crippen LogP contribution is -2.48. The SMILES string of the molecule is CCN1C(=O)N(c2c(F)ccc(OC)c2F)Cc2cnc(NC3CCC(N)CC3)nc21. The number of fused-ring (bicyclic) bond motifs is 1. The van der Waals surface area contributed by atoms with E-state index in [9.17, 15) is 13.6 Å². The lowest BCUT2D eigenvalue weighted by molar-refractivity contribution is 0.249. The van der Waals surface area contributed by atoms with Crippen molar-refractivity contribution in [2.75, 3.05) is 28.8 Å². The second kappa shape index (κ2) is 8.62. The number of aromatic nitrogens is 2. The van der Waals surface area contributed by atoms with Gasteiger partial charge in [-0.25, -0.2) is 18.6 Å². The maximum absolute atomic E-state index is 14.8. The summed E-state index contributed by atoms with van der Waals surface area (Å²) in [5, 5.41) is 3.32. The smallest absolute Gasteiger partial charge is 0.330 e. The standard InChI is InChI=1S/C21H26F2N6O2/c1-3-28-19-12(10-25-20(27-19)26-14-6-4-13(24)5-7-14)11-29(21(28)30)18-15(22)8-9-16(31-2)17(18)23/h8-10,13-14H,3-7,11,24H2,1-2H3,(H,25,26,27). The van der Waals surface area contributed by atoms with Gasteiger partial charge in [-0.05, 0) is 44.7 Å². The number of nitrogens with zero attached hydrogens (tertiary/aromatic N) is 4. The number of carbonyl (C=O) groups excluding carboxylic acids is 1. The van der Waals surface area contributed by atoms with Crippen LogP contribution in [0.2, 0.25) is 0 Å². The number of carbonyl (C=O) groups is 1. The molecule has 3 N–H and O–H groups in total. The van der Waals surface area contributed by atoms with Gasteiger partial charge in [0.2, 0.25) is 5.95 Å². The Hall–Kier alpha value is -3.01. The number of halogens is 2. The summed E-state index contributed by atoms with van der Waals surface area (Å²) in [7, 11) is 1.29. The van der Waals surface area contributed by atoms with Crippen molar-refractivity contribution >= 4 is 23.5 Å². The van der Waals surface area contributed by atoms with Crippen molar-refractivity contribution in [3.05, 3.63) is 35.5 Å². The van der Waals surface area contributed by atoms with Crippen molar-refractivity contribution in [2.24, 2.45) is 5.73 Å². The fourth-order valence-electron chi connectivity index (χ4n) is 4.12. The molecule has 2 heterocycles. The number of hydrogen-bond donors (Lipinski definition) is 2. The van der Waals surface area contributed by atoms with Crippen LogP contribution in [0.4, 0.5) is 31.0 Å². The van der Waals surface area contributed by atoms with Crippen LogP contribution in [0.15, 0.2) is 18.3 Å². The molecular formula is C21H26F2N6O2. The maximum Gasteiger partial charge on any atom is 0.330 e. The van der Waals surface area contributed by atoms with E-state index in [-0.39, 0.29) is 30.9 Å². The van der Waals surface area contributed by atoms with Crippen molar-refractivity contribution in [1.29, 1.82) is 0 Å². The molecule has 4 rings (SSSR count). The van der Waals surface area contributed by atoms with E-state index in [1.165, 1.54) is 18.1 Å². The number of urea groups is 1. The fourth-order valence-corrected chi connectivity index (χ4v) is 4.12. The predicted molar refractivity (Wildman–Crippen MR) is 113 cm³/mol. The van der Waals surface area contributed by atoms with Gasteiger partial charge in [-0.1, -0.05) is 0 Å². The van der Waals surface area contributed by atoms with E-state index in [1.54, 1.807) is 13.1 Å².